The van der Waals surface area contributed by atoms with Gasteiger partial charge in [-0.2, -0.15) is 0 Å². The van der Waals surface area contributed by atoms with Gasteiger partial charge in [0, 0.05) is 18.7 Å². The van der Waals surface area contributed by atoms with Gasteiger partial charge in [-0.05, 0) is 6.08 Å². The van der Waals surface area contributed by atoms with E-state index in [4.69, 9.17) is 0 Å². The Kier molecular flexibility index (Phi) is 3.06. The fourth-order valence-corrected chi connectivity index (χ4v) is 0.741. The lowest BCUT2D eigenvalue weighted by Crippen LogP contribution is -2.62. The van der Waals surface area contributed by atoms with Gasteiger partial charge in [-0.25, -0.2) is 4.99 Å². The third-order valence-electron chi connectivity index (χ3n) is 1.23. The van der Waals surface area contributed by atoms with Crippen molar-refractivity contribution in [2.24, 2.45) is 4.99 Å². The highest BCUT2D eigenvalue weighted by atomic mass is 14.8. The molecule has 1 heterocycles. The van der Waals surface area contributed by atoms with E-state index in [1.165, 1.54) is 0 Å². The topological polar surface area (TPSA) is 26.3 Å². The van der Waals surface area contributed by atoms with E-state index < -0.39 is 0 Å². The zero-order valence-electron chi connectivity index (χ0n) is 6.33. The summed E-state index contributed by atoms with van der Waals surface area (Å²) in [6.45, 7) is 3.64. The van der Waals surface area contributed by atoms with Crippen molar-refractivity contribution in [2.75, 3.05) is 0 Å². The molecule has 0 spiro atoms. The van der Waals surface area contributed by atoms with Crippen molar-refractivity contribution in [3.63, 3.8) is 0 Å². The molecule has 2 nitrogen and oxygen atoms in total. The molecule has 56 valence electrons. The van der Waals surface area contributed by atoms with E-state index >= 15 is 0 Å². The fraction of sp³-hybridized carbons (Fsp3) is 0.111. The molecule has 0 atom stereocenters. The van der Waals surface area contributed by atoms with Gasteiger partial charge in [-0.3, -0.25) is 4.99 Å². The number of nitrogens with zero attached hydrogens (tertiary/aromatic N) is 1. The Morgan fingerprint density at radius 2 is 2.45 bits per heavy atom. The van der Waals surface area contributed by atoms with Gasteiger partial charge in [0.2, 0.25) is 0 Å². The maximum Gasteiger partial charge on any atom is 0.189 e. The maximum atomic E-state index is 4.17. The second-order valence-electron chi connectivity index (χ2n) is 2.12. The van der Waals surface area contributed by atoms with Crippen LogP contribution >= 0.6 is 0 Å². The summed E-state index contributed by atoms with van der Waals surface area (Å²) >= 11 is 0. The van der Waals surface area contributed by atoms with Gasteiger partial charge < -0.3 is 0 Å². The molecule has 0 aromatic carbocycles. The quantitative estimate of drug-likeness (QED) is 0.540. The summed E-state index contributed by atoms with van der Waals surface area (Å²) in [7, 11) is 0. The van der Waals surface area contributed by atoms with Crippen LogP contribution in [0.3, 0.4) is 0 Å². The highest BCUT2D eigenvalue weighted by molar-refractivity contribution is 6.29. The van der Waals surface area contributed by atoms with E-state index in [1.54, 1.807) is 6.20 Å². The van der Waals surface area contributed by atoms with Crippen molar-refractivity contribution in [3.8, 4) is 0 Å². The Labute approximate surface area is 66.4 Å². The summed E-state index contributed by atoms with van der Waals surface area (Å²) in [5.41, 5.74) is 0.987. The summed E-state index contributed by atoms with van der Waals surface area (Å²) in [5.74, 6) is 0. The summed E-state index contributed by atoms with van der Waals surface area (Å²) < 4.78 is 0. The van der Waals surface area contributed by atoms with Crippen molar-refractivity contribution < 1.29 is 4.99 Å². The Bertz CT molecular complexity index is 244. The lowest BCUT2D eigenvalue weighted by molar-refractivity contribution is -0.364. The summed E-state index contributed by atoms with van der Waals surface area (Å²) in [4.78, 5) is 7.16. The first-order valence-corrected chi connectivity index (χ1v) is 3.52. The molecular formula is C9H11N2+. The minimum Gasteiger partial charge on any atom is -0.255 e. The second kappa shape index (κ2) is 4.39. The molecule has 0 saturated heterocycles. The Balaban J connectivity index is 2.69. The van der Waals surface area contributed by atoms with Crippen molar-refractivity contribution in [1.82, 2.24) is 0 Å². The van der Waals surface area contributed by atoms with Crippen LogP contribution in [-0.2, 0) is 0 Å². The Hall–Kier alpha value is -1.44. The molecule has 0 aromatic rings. The van der Waals surface area contributed by atoms with Gasteiger partial charge in [0.15, 0.2) is 12.4 Å². The van der Waals surface area contributed by atoms with Crippen LogP contribution in [0.2, 0.25) is 0 Å². The maximum absolute atomic E-state index is 4.17. The van der Waals surface area contributed by atoms with Crippen LogP contribution in [0.5, 0.6) is 0 Å². The van der Waals surface area contributed by atoms with E-state index in [9.17, 15) is 0 Å². The highest BCUT2D eigenvalue weighted by Gasteiger charge is 1.93. The number of rotatable bonds is 2. The van der Waals surface area contributed by atoms with E-state index in [0.717, 1.165) is 12.1 Å². The third kappa shape index (κ3) is 2.76. The zero-order valence-corrected chi connectivity index (χ0v) is 6.33. The molecule has 1 aliphatic heterocycles. The molecule has 0 amide bonds. The SMILES string of the molecule is C=CCC1=N/C=C\C=C/[NH+]=C1. The van der Waals surface area contributed by atoms with Crippen LogP contribution in [0.4, 0.5) is 0 Å². The molecule has 2 heteroatoms. The molecule has 0 bridgehead atoms. The first-order chi connectivity index (χ1) is 5.43. The first-order valence-electron chi connectivity index (χ1n) is 3.52. The van der Waals surface area contributed by atoms with E-state index in [1.807, 2.05) is 30.6 Å². The van der Waals surface area contributed by atoms with Crippen LogP contribution in [-0.4, -0.2) is 11.9 Å². The molecule has 1 aliphatic rings. The number of aliphatic imine (C=N–C) groups is 1. The van der Waals surface area contributed by atoms with Crippen LogP contribution in [0, 0.1) is 0 Å². The predicted octanol–water partition coefficient (Wildman–Crippen LogP) is 0.196. The second-order valence-corrected chi connectivity index (χ2v) is 2.12. The van der Waals surface area contributed by atoms with Crippen LogP contribution < -0.4 is 4.99 Å². The number of nitrogens with one attached hydrogen (secondary N) is 1. The zero-order chi connectivity index (χ0) is 7.94. The molecule has 1 rings (SSSR count). The molecule has 11 heavy (non-hydrogen) atoms. The van der Waals surface area contributed by atoms with Crippen LogP contribution in [0.15, 0.2) is 42.2 Å². The largest absolute Gasteiger partial charge is 0.255 e. The van der Waals surface area contributed by atoms with Crippen molar-refractivity contribution in [1.29, 1.82) is 0 Å². The molecule has 0 radical (unpaired) electrons. The number of hydrogen-bond donors (Lipinski definition) is 1. The van der Waals surface area contributed by atoms with E-state index in [2.05, 4.69) is 16.6 Å². The lowest BCUT2D eigenvalue weighted by Gasteiger charge is -1.89. The normalized spacial score (nSPS) is 21.3. The minimum atomic E-state index is 0.797. The predicted molar refractivity (Wildman–Crippen MR) is 47.6 cm³/mol. The van der Waals surface area contributed by atoms with Gasteiger partial charge in [-0.15, -0.1) is 6.58 Å². The Morgan fingerprint density at radius 3 is 3.27 bits per heavy atom. The van der Waals surface area contributed by atoms with Gasteiger partial charge >= 0.3 is 0 Å². The number of hydrogen-bond acceptors (Lipinski definition) is 1. The first kappa shape index (κ1) is 7.66. The molecular weight excluding hydrogens is 136 g/mol. The van der Waals surface area contributed by atoms with Crippen molar-refractivity contribution in [2.45, 2.75) is 6.42 Å². The average Bonchev–Trinajstić information content (AvgIpc) is 1.94. The minimum absolute atomic E-state index is 0.797. The van der Waals surface area contributed by atoms with Crippen molar-refractivity contribution >= 4 is 11.9 Å². The molecule has 0 fully saturated rings. The fourth-order valence-electron chi connectivity index (χ4n) is 0.741. The van der Waals surface area contributed by atoms with Gasteiger partial charge in [0.05, 0.1) is 0 Å². The van der Waals surface area contributed by atoms with Gasteiger partial charge in [-0.1, -0.05) is 6.08 Å². The lowest BCUT2D eigenvalue weighted by atomic mass is 10.3. The van der Waals surface area contributed by atoms with Crippen molar-refractivity contribution in [3.05, 3.63) is 37.2 Å². The van der Waals surface area contributed by atoms with Crippen LogP contribution in [0.1, 0.15) is 6.42 Å². The monoisotopic (exact) mass is 147 g/mol. The van der Waals surface area contributed by atoms with E-state index in [-0.39, 0.29) is 0 Å². The number of allylic oxidation sites excluding steroid dienone is 3. The van der Waals surface area contributed by atoms with Gasteiger partial charge in [0.1, 0.15) is 5.71 Å². The molecule has 0 aliphatic carbocycles. The molecule has 1 N–H and O–H groups in total. The molecule has 0 saturated carbocycles. The standard InChI is InChI=1S/C9H10N2/c1-2-5-9-8-10-6-3-4-7-11-9/h2-4,6-8H,1,5H2/p+1/b4-3?,6-3-,7-4-,9-8?,10-6?,10-8?,11-7?,11-9?. The summed E-state index contributed by atoms with van der Waals surface area (Å²) in [6, 6.07) is 0. The summed E-state index contributed by atoms with van der Waals surface area (Å²) in [6.07, 6.45) is 11.9. The van der Waals surface area contributed by atoms with E-state index in [0.29, 0.717) is 0 Å². The van der Waals surface area contributed by atoms with Gasteiger partial charge in [0.25, 0.3) is 0 Å². The smallest absolute Gasteiger partial charge is 0.189 e. The van der Waals surface area contributed by atoms with Crippen LogP contribution in [0.25, 0.3) is 0 Å². The average molecular weight is 147 g/mol. The summed E-state index contributed by atoms with van der Waals surface area (Å²) in [5, 5.41) is 0. The molecule has 0 unspecified atom stereocenters. The third-order valence-corrected chi connectivity index (χ3v) is 1.23. The highest BCUT2D eigenvalue weighted by Crippen LogP contribution is 1.87. The molecule has 0 aromatic heterocycles. The Morgan fingerprint density at radius 1 is 1.55 bits per heavy atom.